The number of nitrogens with one attached hydrogen (secondary N) is 1. The number of anilines is 1. The van der Waals surface area contributed by atoms with Crippen LogP contribution in [0.15, 0.2) is 94.9 Å². The van der Waals surface area contributed by atoms with Crippen LogP contribution in [-0.4, -0.2) is 25.5 Å². The Morgan fingerprint density at radius 1 is 0.939 bits per heavy atom. The van der Waals surface area contributed by atoms with Gasteiger partial charge in [0, 0.05) is 26.7 Å². The number of hydrogen-bond acceptors (Lipinski definition) is 5. The smallest absolute Gasteiger partial charge is 0.255 e. The Kier molecular flexibility index (Phi) is 5.81. The molecule has 162 valence electrons. The van der Waals surface area contributed by atoms with Gasteiger partial charge in [-0.25, -0.2) is 4.98 Å². The van der Waals surface area contributed by atoms with Crippen LogP contribution in [0.25, 0.3) is 17.2 Å². The number of rotatable bonds is 5. The third-order valence-electron chi connectivity index (χ3n) is 4.90. The number of hydrogen-bond donors (Lipinski definition) is 1. The summed E-state index contributed by atoms with van der Waals surface area (Å²) in [6, 6.07) is 26.2. The van der Waals surface area contributed by atoms with Crippen molar-refractivity contribution in [2.45, 2.75) is 16.8 Å². The van der Waals surface area contributed by atoms with Crippen LogP contribution < -0.4 is 5.32 Å². The predicted octanol–water partition coefficient (Wildman–Crippen LogP) is 6.16. The zero-order valence-electron chi connectivity index (χ0n) is 17.6. The van der Waals surface area contributed by atoms with Crippen molar-refractivity contribution in [1.29, 1.82) is 0 Å². The predicted molar refractivity (Wildman–Crippen MR) is 131 cm³/mol. The first-order valence-corrected chi connectivity index (χ1v) is 11.4. The molecule has 2 aromatic heterocycles. The number of aromatic nitrogens is 4. The van der Waals surface area contributed by atoms with Crippen LogP contribution in [0.4, 0.5) is 5.69 Å². The molecule has 0 aliphatic heterocycles. The molecular weight excluding hydrogens is 454 g/mol. The standard InChI is InChI=1S/C25H18ClN5OS/c1-16-15-22(31-25(27-16)29-23(30-31)17-7-3-2-4-8-17)33-21-10-6-5-9-20(21)28-24(32)18-11-13-19(26)14-12-18/h2-15H,1H3,(H,28,32). The number of carbonyl (C=O) groups is 1. The molecule has 5 aromatic rings. The van der Waals surface area contributed by atoms with E-state index >= 15 is 0 Å². The van der Waals surface area contributed by atoms with Crippen molar-refractivity contribution in [3.05, 3.63) is 101 Å². The summed E-state index contributed by atoms with van der Waals surface area (Å²) in [4.78, 5) is 22.8. The lowest BCUT2D eigenvalue weighted by molar-refractivity contribution is 0.102. The Bertz CT molecular complexity index is 1450. The molecule has 3 aromatic carbocycles. The molecule has 0 spiro atoms. The van der Waals surface area contributed by atoms with E-state index < -0.39 is 0 Å². The summed E-state index contributed by atoms with van der Waals surface area (Å²) in [6.45, 7) is 1.93. The minimum Gasteiger partial charge on any atom is -0.321 e. The molecule has 6 nitrogen and oxygen atoms in total. The molecule has 0 unspecified atom stereocenters. The van der Waals surface area contributed by atoms with Crippen molar-refractivity contribution in [2.24, 2.45) is 0 Å². The molecule has 0 fully saturated rings. The average Bonchev–Trinajstić information content (AvgIpc) is 3.25. The third kappa shape index (κ3) is 4.60. The highest BCUT2D eigenvalue weighted by atomic mass is 35.5. The van der Waals surface area contributed by atoms with Gasteiger partial charge in [0.1, 0.15) is 5.03 Å². The van der Waals surface area contributed by atoms with Crippen molar-refractivity contribution in [3.8, 4) is 11.4 Å². The Morgan fingerprint density at radius 2 is 1.67 bits per heavy atom. The highest BCUT2D eigenvalue weighted by Gasteiger charge is 2.15. The second-order valence-electron chi connectivity index (χ2n) is 7.31. The Balaban J connectivity index is 1.48. The molecule has 0 saturated carbocycles. The quantitative estimate of drug-likeness (QED) is 0.311. The van der Waals surface area contributed by atoms with Crippen LogP contribution >= 0.6 is 23.4 Å². The number of benzene rings is 3. The van der Waals surface area contributed by atoms with Gasteiger partial charge in [0.15, 0.2) is 5.82 Å². The molecule has 0 saturated heterocycles. The van der Waals surface area contributed by atoms with E-state index in [1.54, 1.807) is 28.8 Å². The highest BCUT2D eigenvalue weighted by Crippen LogP contribution is 2.34. The van der Waals surface area contributed by atoms with E-state index in [9.17, 15) is 4.79 Å². The second-order valence-corrected chi connectivity index (χ2v) is 8.81. The van der Waals surface area contributed by atoms with Crippen molar-refractivity contribution in [3.63, 3.8) is 0 Å². The summed E-state index contributed by atoms with van der Waals surface area (Å²) in [5.41, 5.74) is 2.99. The van der Waals surface area contributed by atoms with E-state index in [-0.39, 0.29) is 5.91 Å². The highest BCUT2D eigenvalue weighted by molar-refractivity contribution is 7.99. The minimum absolute atomic E-state index is 0.206. The van der Waals surface area contributed by atoms with E-state index in [1.807, 2.05) is 67.6 Å². The van der Waals surface area contributed by atoms with Gasteiger partial charge in [-0.2, -0.15) is 9.50 Å². The summed E-state index contributed by atoms with van der Waals surface area (Å²) in [5.74, 6) is 0.932. The number of para-hydroxylation sites is 1. The maximum atomic E-state index is 12.8. The zero-order chi connectivity index (χ0) is 22.8. The zero-order valence-corrected chi connectivity index (χ0v) is 19.1. The van der Waals surface area contributed by atoms with Crippen molar-refractivity contribution in [1.82, 2.24) is 19.6 Å². The summed E-state index contributed by atoms with van der Waals surface area (Å²) >= 11 is 7.43. The maximum absolute atomic E-state index is 12.8. The van der Waals surface area contributed by atoms with Gasteiger partial charge >= 0.3 is 0 Å². The lowest BCUT2D eigenvalue weighted by Crippen LogP contribution is -2.12. The van der Waals surface area contributed by atoms with Gasteiger partial charge in [-0.05, 0) is 49.4 Å². The molecule has 33 heavy (non-hydrogen) atoms. The van der Waals surface area contributed by atoms with E-state index in [4.69, 9.17) is 11.6 Å². The van der Waals surface area contributed by atoms with E-state index in [0.29, 0.717) is 27.9 Å². The number of halogens is 1. The first-order valence-electron chi connectivity index (χ1n) is 10.2. The fourth-order valence-corrected chi connectivity index (χ4v) is 4.47. The van der Waals surface area contributed by atoms with Crippen LogP contribution in [0.3, 0.4) is 0 Å². The van der Waals surface area contributed by atoms with Crippen molar-refractivity contribution in [2.75, 3.05) is 5.32 Å². The van der Waals surface area contributed by atoms with Gasteiger partial charge in [-0.1, -0.05) is 65.8 Å². The van der Waals surface area contributed by atoms with Crippen molar-refractivity contribution >= 4 is 40.7 Å². The number of fused-ring (bicyclic) bond motifs is 1. The molecular formula is C25H18ClN5OS. The fraction of sp³-hybridized carbons (Fsp3) is 0.0400. The number of aryl methyl sites for hydroxylation is 1. The normalized spacial score (nSPS) is 11.0. The first-order chi connectivity index (χ1) is 16.1. The molecule has 1 amide bonds. The van der Waals surface area contributed by atoms with Crippen molar-refractivity contribution < 1.29 is 4.79 Å². The molecule has 0 aliphatic rings. The van der Waals surface area contributed by atoms with Crippen LogP contribution in [0.2, 0.25) is 5.02 Å². The fourth-order valence-electron chi connectivity index (χ4n) is 3.30. The minimum atomic E-state index is -0.206. The molecule has 1 N–H and O–H groups in total. The lowest BCUT2D eigenvalue weighted by atomic mass is 10.2. The van der Waals surface area contributed by atoms with Gasteiger partial charge in [0.05, 0.1) is 5.69 Å². The Labute approximate surface area is 199 Å². The van der Waals surface area contributed by atoms with E-state index in [0.717, 1.165) is 21.2 Å². The Hall–Kier alpha value is -3.68. The summed E-state index contributed by atoms with van der Waals surface area (Å²) < 4.78 is 1.73. The SMILES string of the molecule is Cc1cc(Sc2ccccc2NC(=O)c2ccc(Cl)cc2)n2nc(-c3ccccc3)nc2n1. The molecule has 0 atom stereocenters. The van der Waals surface area contributed by atoms with Gasteiger partial charge in [-0.15, -0.1) is 5.10 Å². The molecule has 2 heterocycles. The Morgan fingerprint density at radius 3 is 2.45 bits per heavy atom. The van der Waals surface area contributed by atoms with Gasteiger partial charge in [-0.3, -0.25) is 4.79 Å². The number of amides is 1. The van der Waals surface area contributed by atoms with Gasteiger partial charge in [0.25, 0.3) is 11.7 Å². The maximum Gasteiger partial charge on any atom is 0.255 e. The van der Waals surface area contributed by atoms with Gasteiger partial charge < -0.3 is 5.32 Å². The number of carbonyl (C=O) groups excluding carboxylic acids is 1. The summed E-state index contributed by atoms with van der Waals surface area (Å²) in [6.07, 6.45) is 0. The van der Waals surface area contributed by atoms with Crippen LogP contribution in [0, 0.1) is 6.92 Å². The first kappa shape index (κ1) is 21.2. The van der Waals surface area contributed by atoms with Crippen LogP contribution in [0.1, 0.15) is 16.1 Å². The topological polar surface area (TPSA) is 72.2 Å². The van der Waals surface area contributed by atoms with Crippen LogP contribution in [-0.2, 0) is 0 Å². The van der Waals surface area contributed by atoms with E-state index in [1.165, 1.54) is 11.8 Å². The molecule has 0 aliphatic carbocycles. The third-order valence-corrected chi connectivity index (χ3v) is 6.22. The van der Waals surface area contributed by atoms with Gasteiger partial charge in [0.2, 0.25) is 0 Å². The summed E-state index contributed by atoms with van der Waals surface area (Å²) in [5, 5.41) is 9.12. The lowest BCUT2D eigenvalue weighted by Gasteiger charge is -2.11. The molecule has 0 radical (unpaired) electrons. The van der Waals surface area contributed by atoms with Crippen LogP contribution in [0.5, 0.6) is 0 Å². The monoisotopic (exact) mass is 471 g/mol. The molecule has 8 heteroatoms. The summed E-state index contributed by atoms with van der Waals surface area (Å²) in [7, 11) is 0. The largest absolute Gasteiger partial charge is 0.321 e. The molecule has 5 rings (SSSR count). The van der Waals surface area contributed by atoms with E-state index in [2.05, 4.69) is 20.4 Å². The average molecular weight is 472 g/mol. The second kappa shape index (κ2) is 9.05. The molecule has 0 bridgehead atoms. The number of nitrogens with zero attached hydrogens (tertiary/aromatic N) is 4.